The van der Waals surface area contributed by atoms with Gasteiger partial charge in [-0.15, -0.1) is 0 Å². The molecule has 0 saturated heterocycles. The van der Waals surface area contributed by atoms with Crippen molar-refractivity contribution in [3.8, 4) is 0 Å². The highest BCUT2D eigenvalue weighted by molar-refractivity contribution is 5.89. The Balaban J connectivity index is 4.54. The van der Waals surface area contributed by atoms with Crippen LogP contribution in [0.5, 0.6) is 0 Å². The predicted octanol–water partition coefficient (Wildman–Crippen LogP) is 1.29. The molecule has 0 unspecified atom stereocenters. The van der Waals surface area contributed by atoms with Crippen molar-refractivity contribution in [3.63, 3.8) is 0 Å². The molecular formula is C13H23FN2O4. The number of alkyl halides is 1. The first kappa shape index (κ1) is 18.3. The van der Waals surface area contributed by atoms with E-state index in [2.05, 4.69) is 5.32 Å². The summed E-state index contributed by atoms with van der Waals surface area (Å²) in [6.45, 7) is 3.83. The standard InChI is InChI=1S/C13H23FN2O4/c1-13(2,3)20-12(19)15-9(10(17)8-14)6-7-11(18)16(4)5/h9H,6-8H2,1-5H3,(H,15,19)/t9-/m0/s1. The quantitative estimate of drug-likeness (QED) is 0.799. The second-order valence-electron chi connectivity index (χ2n) is 5.63. The number of hydrogen-bond acceptors (Lipinski definition) is 4. The maximum atomic E-state index is 12.5. The molecule has 0 rings (SSSR count). The van der Waals surface area contributed by atoms with Crippen LogP contribution in [0.25, 0.3) is 0 Å². The molecule has 2 amide bonds. The zero-order valence-electron chi connectivity index (χ0n) is 12.7. The highest BCUT2D eigenvalue weighted by Crippen LogP contribution is 2.08. The maximum absolute atomic E-state index is 12.5. The Morgan fingerprint density at radius 1 is 1.25 bits per heavy atom. The third-order valence-corrected chi connectivity index (χ3v) is 2.36. The number of Topliss-reactive ketones (excluding diaryl/α,β-unsaturated/α-hetero) is 1. The highest BCUT2D eigenvalue weighted by Gasteiger charge is 2.24. The Bertz CT molecular complexity index is 364. The van der Waals surface area contributed by atoms with Crippen LogP contribution in [-0.2, 0) is 14.3 Å². The SMILES string of the molecule is CN(C)C(=O)CC[C@H](NC(=O)OC(C)(C)C)C(=O)CF. The summed E-state index contributed by atoms with van der Waals surface area (Å²) >= 11 is 0. The summed E-state index contributed by atoms with van der Waals surface area (Å²) in [5.74, 6) is -0.977. The third-order valence-electron chi connectivity index (χ3n) is 2.36. The van der Waals surface area contributed by atoms with E-state index in [0.717, 1.165) is 0 Å². The van der Waals surface area contributed by atoms with Gasteiger partial charge in [0.15, 0.2) is 5.78 Å². The average molecular weight is 290 g/mol. The lowest BCUT2D eigenvalue weighted by atomic mass is 10.1. The van der Waals surface area contributed by atoms with Crippen LogP contribution in [0.2, 0.25) is 0 Å². The van der Waals surface area contributed by atoms with Gasteiger partial charge in [-0.05, 0) is 27.2 Å². The summed E-state index contributed by atoms with van der Waals surface area (Å²) < 4.78 is 17.5. The molecule has 7 heteroatoms. The molecule has 0 saturated carbocycles. The lowest BCUT2D eigenvalue weighted by Gasteiger charge is -2.23. The summed E-state index contributed by atoms with van der Waals surface area (Å²) in [7, 11) is 3.16. The second kappa shape index (κ2) is 7.81. The molecular weight excluding hydrogens is 267 g/mol. The molecule has 0 aliphatic heterocycles. The number of carbonyl (C=O) groups is 3. The van der Waals surface area contributed by atoms with Crippen LogP contribution < -0.4 is 5.32 Å². The molecule has 1 atom stereocenters. The Hall–Kier alpha value is -1.66. The monoisotopic (exact) mass is 290 g/mol. The van der Waals surface area contributed by atoms with E-state index < -0.39 is 30.2 Å². The van der Waals surface area contributed by atoms with Gasteiger partial charge in [-0.25, -0.2) is 9.18 Å². The minimum atomic E-state index is -1.20. The number of nitrogens with zero attached hydrogens (tertiary/aromatic N) is 1. The van der Waals surface area contributed by atoms with Crippen molar-refractivity contribution < 1.29 is 23.5 Å². The Labute approximate surface area is 118 Å². The first-order chi connectivity index (χ1) is 9.06. The van der Waals surface area contributed by atoms with Gasteiger partial charge >= 0.3 is 6.09 Å². The fourth-order valence-electron chi connectivity index (χ4n) is 1.35. The van der Waals surface area contributed by atoms with E-state index in [1.807, 2.05) is 0 Å². The molecule has 0 spiro atoms. The van der Waals surface area contributed by atoms with Crippen molar-refractivity contribution in [1.29, 1.82) is 0 Å². The molecule has 6 nitrogen and oxygen atoms in total. The van der Waals surface area contributed by atoms with Gasteiger partial charge in [0.1, 0.15) is 12.3 Å². The Kier molecular flexibility index (Phi) is 7.17. The fraction of sp³-hybridized carbons (Fsp3) is 0.769. The summed E-state index contributed by atoms with van der Waals surface area (Å²) in [6, 6.07) is -1.06. The van der Waals surface area contributed by atoms with Crippen LogP contribution in [0, 0.1) is 0 Å². The molecule has 0 fully saturated rings. The molecule has 0 aromatic heterocycles. The van der Waals surface area contributed by atoms with Gasteiger partial charge < -0.3 is 15.0 Å². The van der Waals surface area contributed by atoms with Crippen LogP contribution in [0.1, 0.15) is 33.6 Å². The van der Waals surface area contributed by atoms with Crippen LogP contribution in [0.3, 0.4) is 0 Å². The summed E-state index contributed by atoms with van der Waals surface area (Å²) in [6.07, 6.45) is -0.723. The smallest absolute Gasteiger partial charge is 0.408 e. The number of amides is 2. The van der Waals surface area contributed by atoms with E-state index in [4.69, 9.17) is 4.74 Å². The number of alkyl carbamates (subject to hydrolysis) is 1. The van der Waals surface area contributed by atoms with Crippen LogP contribution >= 0.6 is 0 Å². The van der Waals surface area contributed by atoms with E-state index in [1.54, 1.807) is 34.9 Å². The number of carbonyl (C=O) groups excluding carboxylic acids is 3. The molecule has 0 aliphatic rings. The number of ketones is 1. The third kappa shape index (κ3) is 7.70. The Morgan fingerprint density at radius 2 is 1.80 bits per heavy atom. The van der Waals surface area contributed by atoms with Crippen molar-refractivity contribution in [2.75, 3.05) is 20.8 Å². The molecule has 116 valence electrons. The Morgan fingerprint density at radius 3 is 2.20 bits per heavy atom. The van der Waals surface area contributed by atoms with E-state index in [0.29, 0.717) is 0 Å². The zero-order chi connectivity index (χ0) is 15.9. The minimum Gasteiger partial charge on any atom is -0.444 e. The van der Waals surface area contributed by atoms with Gasteiger partial charge in [-0.3, -0.25) is 9.59 Å². The summed E-state index contributed by atoms with van der Waals surface area (Å²) in [5, 5.41) is 2.30. The summed E-state index contributed by atoms with van der Waals surface area (Å²) in [5.41, 5.74) is -0.715. The van der Waals surface area contributed by atoms with E-state index in [9.17, 15) is 18.8 Å². The van der Waals surface area contributed by atoms with Crippen LogP contribution in [0.15, 0.2) is 0 Å². The molecule has 1 N–H and O–H groups in total. The zero-order valence-corrected chi connectivity index (χ0v) is 12.7. The molecule has 0 aromatic carbocycles. The van der Waals surface area contributed by atoms with Gasteiger partial charge in [0, 0.05) is 20.5 Å². The summed E-state index contributed by atoms with van der Waals surface area (Å²) in [4.78, 5) is 35.8. The molecule has 0 aliphatic carbocycles. The molecule has 0 bridgehead atoms. The van der Waals surface area contributed by atoms with Gasteiger partial charge in [0.2, 0.25) is 5.91 Å². The molecule has 20 heavy (non-hydrogen) atoms. The van der Waals surface area contributed by atoms with Crippen molar-refractivity contribution >= 4 is 17.8 Å². The van der Waals surface area contributed by atoms with Crippen molar-refractivity contribution in [1.82, 2.24) is 10.2 Å². The van der Waals surface area contributed by atoms with Crippen molar-refractivity contribution in [2.24, 2.45) is 0 Å². The van der Waals surface area contributed by atoms with Crippen LogP contribution in [-0.4, -0.2) is 55.1 Å². The van der Waals surface area contributed by atoms with Gasteiger partial charge in [-0.2, -0.15) is 0 Å². The lowest BCUT2D eigenvalue weighted by Crippen LogP contribution is -2.44. The lowest BCUT2D eigenvalue weighted by molar-refractivity contribution is -0.129. The molecule has 0 heterocycles. The molecule has 0 radical (unpaired) electrons. The van der Waals surface area contributed by atoms with Crippen molar-refractivity contribution in [3.05, 3.63) is 0 Å². The predicted molar refractivity (Wildman–Crippen MR) is 72.1 cm³/mol. The highest BCUT2D eigenvalue weighted by atomic mass is 19.1. The normalized spacial score (nSPS) is 12.5. The second-order valence-corrected chi connectivity index (χ2v) is 5.63. The van der Waals surface area contributed by atoms with Gasteiger partial charge in [0.25, 0.3) is 0 Å². The van der Waals surface area contributed by atoms with Gasteiger partial charge in [-0.1, -0.05) is 0 Å². The minimum absolute atomic E-state index is 0.0407. The van der Waals surface area contributed by atoms with Gasteiger partial charge in [0.05, 0.1) is 6.04 Å². The van der Waals surface area contributed by atoms with E-state index in [-0.39, 0.29) is 18.7 Å². The van der Waals surface area contributed by atoms with E-state index in [1.165, 1.54) is 4.90 Å². The largest absolute Gasteiger partial charge is 0.444 e. The van der Waals surface area contributed by atoms with E-state index >= 15 is 0 Å². The fourth-order valence-corrected chi connectivity index (χ4v) is 1.35. The first-order valence-corrected chi connectivity index (χ1v) is 6.35. The first-order valence-electron chi connectivity index (χ1n) is 6.35. The molecule has 0 aromatic rings. The number of hydrogen-bond donors (Lipinski definition) is 1. The number of nitrogens with one attached hydrogen (secondary N) is 1. The maximum Gasteiger partial charge on any atom is 0.408 e. The topological polar surface area (TPSA) is 75.7 Å². The average Bonchev–Trinajstić information content (AvgIpc) is 2.30. The number of halogens is 1. The van der Waals surface area contributed by atoms with Crippen molar-refractivity contribution in [2.45, 2.75) is 45.3 Å². The number of ether oxygens (including phenoxy) is 1. The number of rotatable bonds is 6. The van der Waals surface area contributed by atoms with Crippen LogP contribution in [0.4, 0.5) is 9.18 Å².